The van der Waals surface area contributed by atoms with Crippen molar-refractivity contribution in [2.24, 2.45) is 0 Å². The third kappa shape index (κ3) is 5.80. The molecule has 138 valence electrons. The fraction of sp³-hybridized carbons (Fsp3) is 0.409. The van der Waals surface area contributed by atoms with Crippen LogP contribution >= 0.6 is 11.8 Å². The maximum Gasteiger partial charge on any atom is 0.255 e. The predicted molar refractivity (Wildman–Crippen MR) is 109 cm³/mol. The second-order valence-electron chi connectivity index (χ2n) is 6.66. The molecule has 1 saturated carbocycles. The largest absolute Gasteiger partial charge is 0.488 e. The summed E-state index contributed by atoms with van der Waals surface area (Å²) in [6.07, 6.45) is 6.75. The van der Waals surface area contributed by atoms with E-state index in [0.717, 1.165) is 16.6 Å². The van der Waals surface area contributed by atoms with Crippen LogP contribution in [0.2, 0.25) is 0 Å². The van der Waals surface area contributed by atoms with Gasteiger partial charge in [0.25, 0.3) is 5.91 Å². The van der Waals surface area contributed by atoms with Crippen LogP contribution in [0.3, 0.4) is 0 Å². The van der Waals surface area contributed by atoms with Crippen molar-refractivity contribution in [1.29, 1.82) is 0 Å². The molecule has 4 heteroatoms. The van der Waals surface area contributed by atoms with Crippen LogP contribution in [0.1, 0.15) is 48.0 Å². The fourth-order valence-electron chi connectivity index (χ4n) is 3.23. The van der Waals surface area contributed by atoms with E-state index in [-0.39, 0.29) is 5.91 Å². The van der Waals surface area contributed by atoms with Gasteiger partial charge in [-0.15, -0.1) is 0 Å². The van der Waals surface area contributed by atoms with Crippen molar-refractivity contribution in [1.82, 2.24) is 5.32 Å². The zero-order valence-electron chi connectivity index (χ0n) is 15.2. The van der Waals surface area contributed by atoms with Crippen molar-refractivity contribution in [2.45, 2.75) is 44.0 Å². The Labute approximate surface area is 160 Å². The molecule has 0 heterocycles. The molecule has 0 atom stereocenters. The van der Waals surface area contributed by atoms with E-state index in [0.29, 0.717) is 24.5 Å². The van der Waals surface area contributed by atoms with Gasteiger partial charge in [0.2, 0.25) is 0 Å². The van der Waals surface area contributed by atoms with Gasteiger partial charge in [0.15, 0.2) is 0 Å². The summed E-state index contributed by atoms with van der Waals surface area (Å²) < 4.78 is 5.88. The number of hydrogen-bond acceptors (Lipinski definition) is 3. The minimum Gasteiger partial charge on any atom is -0.488 e. The normalized spacial score (nSPS) is 14.8. The van der Waals surface area contributed by atoms with Gasteiger partial charge in [0, 0.05) is 17.5 Å². The molecule has 1 aliphatic carbocycles. The molecule has 1 fully saturated rings. The van der Waals surface area contributed by atoms with Crippen molar-refractivity contribution in [3.05, 3.63) is 65.7 Å². The van der Waals surface area contributed by atoms with E-state index >= 15 is 0 Å². The molecule has 26 heavy (non-hydrogen) atoms. The van der Waals surface area contributed by atoms with E-state index in [1.165, 1.54) is 32.1 Å². The smallest absolute Gasteiger partial charge is 0.255 e. The van der Waals surface area contributed by atoms with E-state index in [1.807, 2.05) is 66.4 Å². The number of nitrogens with one attached hydrogen (secondary N) is 1. The second kappa shape index (κ2) is 10.3. The van der Waals surface area contributed by atoms with Crippen molar-refractivity contribution >= 4 is 17.7 Å². The number of amides is 1. The Bertz CT molecular complexity index is 684. The van der Waals surface area contributed by atoms with Crippen LogP contribution in [0, 0.1) is 0 Å². The monoisotopic (exact) mass is 369 g/mol. The number of carbonyl (C=O) groups is 1. The Morgan fingerprint density at radius 1 is 1.00 bits per heavy atom. The first-order valence-corrected chi connectivity index (χ1v) is 10.5. The van der Waals surface area contributed by atoms with Gasteiger partial charge in [0.1, 0.15) is 12.4 Å². The molecule has 1 aliphatic rings. The molecule has 0 unspecified atom stereocenters. The lowest BCUT2D eigenvalue weighted by atomic mass is 10.0. The minimum absolute atomic E-state index is 0.0575. The third-order valence-corrected chi connectivity index (χ3v) is 6.04. The molecular weight excluding hydrogens is 342 g/mol. The van der Waals surface area contributed by atoms with Crippen LogP contribution < -0.4 is 10.1 Å². The number of para-hydroxylation sites is 1. The summed E-state index contributed by atoms with van der Waals surface area (Å²) in [5.74, 6) is 1.55. The molecule has 0 bridgehead atoms. The molecule has 0 aromatic heterocycles. The highest BCUT2D eigenvalue weighted by atomic mass is 32.2. The standard InChI is InChI=1S/C22H27NO2S/c24-22(23-15-16-26-19-11-5-2-6-12-19)20-13-7-8-14-21(20)25-17-18-9-3-1-4-10-18/h1,3-4,7-10,13-14,19H,2,5-6,11-12,15-17H2,(H,23,24). The Balaban J connectivity index is 1.47. The van der Waals surface area contributed by atoms with Gasteiger partial charge in [0.05, 0.1) is 5.56 Å². The van der Waals surface area contributed by atoms with Gasteiger partial charge >= 0.3 is 0 Å². The van der Waals surface area contributed by atoms with Crippen LogP contribution in [0.4, 0.5) is 0 Å². The highest BCUT2D eigenvalue weighted by Gasteiger charge is 2.15. The van der Waals surface area contributed by atoms with Crippen LogP contribution in [-0.4, -0.2) is 23.5 Å². The molecular formula is C22H27NO2S. The zero-order valence-corrected chi connectivity index (χ0v) is 16.0. The SMILES string of the molecule is O=C(NCCSC1CCCCC1)c1ccccc1OCc1ccccc1. The average Bonchev–Trinajstić information content (AvgIpc) is 2.71. The quantitative estimate of drug-likeness (QED) is 0.661. The molecule has 0 radical (unpaired) electrons. The summed E-state index contributed by atoms with van der Waals surface area (Å²) in [5, 5.41) is 3.82. The van der Waals surface area contributed by atoms with Crippen molar-refractivity contribution in [2.75, 3.05) is 12.3 Å². The first kappa shape index (κ1) is 18.8. The van der Waals surface area contributed by atoms with Gasteiger partial charge in [-0.05, 0) is 30.5 Å². The van der Waals surface area contributed by atoms with Crippen LogP contribution in [0.15, 0.2) is 54.6 Å². The summed E-state index contributed by atoms with van der Waals surface area (Å²) >= 11 is 2.00. The first-order chi connectivity index (χ1) is 12.8. The lowest BCUT2D eigenvalue weighted by Crippen LogP contribution is -2.27. The molecule has 2 aromatic carbocycles. The number of thioether (sulfide) groups is 1. The molecule has 1 N–H and O–H groups in total. The molecule has 0 spiro atoms. The van der Waals surface area contributed by atoms with E-state index < -0.39 is 0 Å². The summed E-state index contributed by atoms with van der Waals surface area (Å²) in [4.78, 5) is 12.5. The predicted octanol–water partition coefficient (Wildman–Crippen LogP) is 5.06. The van der Waals surface area contributed by atoms with Crippen LogP contribution in [-0.2, 0) is 6.61 Å². The summed E-state index contributed by atoms with van der Waals surface area (Å²) in [6.45, 7) is 1.16. The maximum absolute atomic E-state index is 12.5. The summed E-state index contributed by atoms with van der Waals surface area (Å²) in [5.41, 5.74) is 1.69. The molecule has 0 aliphatic heterocycles. The number of ether oxygens (including phenoxy) is 1. The van der Waals surface area contributed by atoms with Crippen LogP contribution in [0.25, 0.3) is 0 Å². The third-order valence-electron chi connectivity index (χ3n) is 4.66. The fourth-order valence-corrected chi connectivity index (χ4v) is 4.45. The van der Waals surface area contributed by atoms with Gasteiger partial charge in [-0.2, -0.15) is 11.8 Å². The Hall–Kier alpha value is -1.94. The van der Waals surface area contributed by atoms with E-state index in [9.17, 15) is 4.79 Å². The number of rotatable bonds is 8. The first-order valence-electron chi connectivity index (χ1n) is 9.48. The highest BCUT2D eigenvalue weighted by Crippen LogP contribution is 2.27. The number of benzene rings is 2. The second-order valence-corrected chi connectivity index (χ2v) is 8.07. The molecule has 3 nitrogen and oxygen atoms in total. The molecule has 1 amide bonds. The average molecular weight is 370 g/mol. The molecule has 2 aromatic rings. The lowest BCUT2D eigenvalue weighted by Gasteiger charge is -2.21. The molecule has 3 rings (SSSR count). The van der Waals surface area contributed by atoms with E-state index in [1.54, 1.807) is 0 Å². The van der Waals surface area contributed by atoms with Crippen molar-refractivity contribution < 1.29 is 9.53 Å². The van der Waals surface area contributed by atoms with Gasteiger partial charge in [-0.25, -0.2) is 0 Å². The van der Waals surface area contributed by atoms with E-state index in [2.05, 4.69) is 5.32 Å². The highest BCUT2D eigenvalue weighted by molar-refractivity contribution is 7.99. The molecule has 0 saturated heterocycles. The number of carbonyl (C=O) groups excluding carboxylic acids is 1. The zero-order chi connectivity index (χ0) is 18.0. The minimum atomic E-state index is -0.0575. The van der Waals surface area contributed by atoms with Crippen LogP contribution in [0.5, 0.6) is 5.75 Å². The van der Waals surface area contributed by atoms with Gasteiger partial charge < -0.3 is 10.1 Å². The topological polar surface area (TPSA) is 38.3 Å². The Morgan fingerprint density at radius 2 is 1.73 bits per heavy atom. The lowest BCUT2D eigenvalue weighted by molar-refractivity contribution is 0.0951. The van der Waals surface area contributed by atoms with Gasteiger partial charge in [-0.3, -0.25) is 4.79 Å². The summed E-state index contributed by atoms with van der Waals surface area (Å²) in [7, 11) is 0. The number of hydrogen-bond donors (Lipinski definition) is 1. The van der Waals surface area contributed by atoms with E-state index in [4.69, 9.17) is 4.74 Å². The van der Waals surface area contributed by atoms with Crippen molar-refractivity contribution in [3.63, 3.8) is 0 Å². The van der Waals surface area contributed by atoms with Crippen molar-refractivity contribution in [3.8, 4) is 5.75 Å². The van der Waals surface area contributed by atoms with Gasteiger partial charge in [-0.1, -0.05) is 61.7 Å². The Morgan fingerprint density at radius 3 is 2.54 bits per heavy atom. The Kier molecular flexibility index (Phi) is 7.44. The maximum atomic E-state index is 12.5. The summed E-state index contributed by atoms with van der Waals surface area (Å²) in [6, 6.07) is 17.4.